The van der Waals surface area contributed by atoms with Crippen LogP contribution in [0.5, 0.6) is 0 Å². The second-order valence-electron chi connectivity index (χ2n) is 10.7. The number of rotatable bonds is 27. The Morgan fingerprint density at radius 2 is 0.865 bits per heavy atom. The van der Waals surface area contributed by atoms with Crippen LogP contribution in [0.1, 0.15) is 157 Å². The normalized spacial score (nSPS) is 11.9. The Morgan fingerprint density at radius 3 is 1.22 bits per heavy atom. The topological polar surface area (TPSA) is 43.4 Å². The van der Waals surface area contributed by atoms with E-state index in [2.05, 4.69) is 34.6 Å². The third kappa shape index (κ3) is 27.2. The first kappa shape index (κ1) is 38.9. The first-order valence-electron chi connectivity index (χ1n) is 16.1. The molecule has 0 N–H and O–H groups in total. The first-order valence-corrected chi connectivity index (χ1v) is 17.7. The second-order valence-corrected chi connectivity index (χ2v) is 12.5. The van der Waals surface area contributed by atoms with E-state index in [0.717, 1.165) is 51.4 Å². The molecule has 0 aliphatic carbocycles. The lowest BCUT2D eigenvalue weighted by molar-refractivity contribution is -0.921. The highest BCUT2D eigenvalue weighted by atomic mass is 32.2. The molecule has 0 bridgehead atoms. The van der Waals surface area contributed by atoms with E-state index >= 15 is 0 Å². The predicted molar refractivity (Wildman–Crippen MR) is 162 cm³/mol. The number of nitrogens with zero attached hydrogens (tertiary/aromatic N) is 1. The molecule has 0 fully saturated rings. The van der Waals surface area contributed by atoms with Gasteiger partial charge in [-0.1, -0.05) is 110 Å². The lowest BCUT2D eigenvalue weighted by Crippen LogP contribution is -2.47. The third-order valence-corrected chi connectivity index (χ3v) is 9.29. The van der Waals surface area contributed by atoms with Crippen molar-refractivity contribution < 1.29 is 21.5 Å². The van der Waals surface area contributed by atoms with Gasteiger partial charge in [-0.25, -0.2) is 0 Å². The fraction of sp³-hybridized carbons (Fsp3) is 1.00. The fourth-order valence-electron chi connectivity index (χ4n) is 4.79. The molecule has 0 aliphatic heterocycles. The van der Waals surface area contributed by atoms with Crippen molar-refractivity contribution in [1.29, 1.82) is 0 Å². The summed E-state index contributed by atoms with van der Waals surface area (Å²) in [5, 5.41) is 0. The monoisotopic (exact) mass is 552 g/mol. The van der Waals surface area contributed by atoms with Crippen molar-refractivity contribution in [1.82, 2.24) is 0 Å². The van der Waals surface area contributed by atoms with Gasteiger partial charge >= 0.3 is 0 Å². The van der Waals surface area contributed by atoms with Gasteiger partial charge in [0, 0.05) is 0 Å². The minimum Gasteiger partial charge on any atom is -0.325 e. The summed E-state index contributed by atoms with van der Waals surface area (Å²) in [6.07, 6.45) is 21.4. The number of unbranched alkanes of at least 4 members (excludes halogenated alkanes) is 17. The van der Waals surface area contributed by atoms with Crippen LogP contribution in [0.4, 0.5) is 4.39 Å². The number of hydrogen-bond acceptors (Lipinski definition) is 3. The zero-order chi connectivity index (χ0) is 28.1. The van der Waals surface area contributed by atoms with Crippen LogP contribution in [0.2, 0.25) is 0 Å². The second kappa shape index (κ2) is 28.8. The number of hydrogen-bond donors (Lipinski definition) is 0. The van der Waals surface area contributed by atoms with Gasteiger partial charge in [-0.15, -0.1) is 0 Å². The van der Waals surface area contributed by atoms with Crippen molar-refractivity contribution >= 4 is 10.1 Å². The standard InChI is InChI=1S/C23H47FO3S.C8H20N/c1-2-3-4-5-6-7-8-10-13-16-19-22-27-28(25,26)23-20-17-14-11-9-12-15-18-21-24;1-5-9(6-2,7-3)8-4/h2-23H2,1H3;5-8H2,1-4H3/q;+1. The maximum absolute atomic E-state index is 12.0. The molecular weight excluding hydrogens is 485 g/mol. The van der Waals surface area contributed by atoms with E-state index in [0.29, 0.717) is 19.4 Å². The van der Waals surface area contributed by atoms with Crippen LogP contribution in [0.3, 0.4) is 0 Å². The van der Waals surface area contributed by atoms with Crippen LogP contribution in [-0.4, -0.2) is 58.1 Å². The molecule has 0 aromatic rings. The molecule has 37 heavy (non-hydrogen) atoms. The zero-order valence-corrected chi connectivity index (χ0v) is 26.7. The molecule has 0 aromatic heterocycles. The van der Waals surface area contributed by atoms with Crippen LogP contribution < -0.4 is 0 Å². The summed E-state index contributed by atoms with van der Waals surface area (Å²) in [6.45, 7) is 16.6. The van der Waals surface area contributed by atoms with E-state index in [4.69, 9.17) is 4.18 Å². The van der Waals surface area contributed by atoms with Gasteiger partial charge in [0.05, 0.1) is 45.2 Å². The number of alkyl halides is 1. The van der Waals surface area contributed by atoms with E-state index < -0.39 is 10.1 Å². The molecule has 0 aliphatic rings. The van der Waals surface area contributed by atoms with Crippen molar-refractivity contribution in [3.63, 3.8) is 0 Å². The summed E-state index contributed by atoms with van der Waals surface area (Å²) in [5.41, 5.74) is 0. The zero-order valence-electron chi connectivity index (χ0n) is 25.8. The average Bonchev–Trinajstić information content (AvgIpc) is 2.90. The summed E-state index contributed by atoms with van der Waals surface area (Å²) in [5.74, 6) is 0.146. The van der Waals surface area contributed by atoms with Crippen LogP contribution in [0, 0.1) is 0 Å². The lowest BCUT2D eigenvalue weighted by Gasteiger charge is -2.34. The Hall–Kier alpha value is -0.200. The van der Waals surface area contributed by atoms with Crippen molar-refractivity contribution in [2.45, 2.75) is 157 Å². The molecule has 0 radical (unpaired) electrons. The molecule has 0 saturated carbocycles. The molecule has 0 saturated heterocycles. The Kier molecular flexibility index (Phi) is 30.3. The SMILES string of the molecule is CCCCCCCCCCCCCOS(=O)(=O)CCCCCCCCCCF.CC[N+](CC)(CC)CC. The molecule has 0 rings (SSSR count). The van der Waals surface area contributed by atoms with Gasteiger partial charge in [-0.3, -0.25) is 8.57 Å². The molecule has 0 heterocycles. The molecule has 0 unspecified atom stereocenters. The maximum Gasteiger partial charge on any atom is 0.267 e. The molecule has 4 nitrogen and oxygen atoms in total. The van der Waals surface area contributed by atoms with E-state index in [9.17, 15) is 12.8 Å². The van der Waals surface area contributed by atoms with Crippen molar-refractivity contribution in [2.24, 2.45) is 0 Å². The predicted octanol–water partition coefficient (Wildman–Crippen LogP) is 9.62. The highest BCUT2D eigenvalue weighted by molar-refractivity contribution is 7.86. The van der Waals surface area contributed by atoms with Crippen LogP contribution in [0.25, 0.3) is 0 Å². The number of quaternary nitrogens is 1. The Balaban J connectivity index is 0. The van der Waals surface area contributed by atoms with E-state index in [-0.39, 0.29) is 12.4 Å². The minimum absolute atomic E-state index is 0.146. The molecule has 6 heteroatoms. The molecule has 0 amide bonds. The maximum atomic E-state index is 12.0. The van der Waals surface area contributed by atoms with E-state index in [1.165, 1.54) is 88.4 Å². The van der Waals surface area contributed by atoms with E-state index in [1.807, 2.05) is 0 Å². The Labute approximate surface area is 233 Å². The van der Waals surface area contributed by atoms with Crippen molar-refractivity contribution in [3.05, 3.63) is 0 Å². The van der Waals surface area contributed by atoms with Crippen molar-refractivity contribution in [3.8, 4) is 0 Å². The van der Waals surface area contributed by atoms with Gasteiger partial charge in [-0.05, 0) is 47.0 Å². The molecule has 0 spiro atoms. The van der Waals surface area contributed by atoms with Gasteiger partial charge < -0.3 is 4.48 Å². The lowest BCUT2D eigenvalue weighted by atomic mass is 10.1. The quantitative estimate of drug-likeness (QED) is 0.0579. The Bertz CT molecular complexity index is 521. The van der Waals surface area contributed by atoms with Crippen molar-refractivity contribution in [2.75, 3.05) is 45.2 Å². The van der Waals surface area contributed by atoms with Crippen LogP contribution in [-0.2, 0) is 14.3 Å². The fourth-order valence-corrected chi connectivity index (χ4v) is 5.83. The summed E-state index contributed by atoms with van der Waals surface area (Å²) in [4.78, 5) is 0. The summed E-state index contributed by atoms with van der Waals surface area (Å²) in [7, 11) is -3.34. The molecular formula is C31H67FNO3S+. The van der Waals surface area contributed by atoms with Gasteiger partial charge in [0.25, 0.3) is 10.1 Å². The Morgan fingerprint density at radius 1 is 0.514 bits per heavy atom. The first-order chi connectivity index (χ1) is 17.9. The van der Waals surface area contributed by atoms with Crippen LogP contribution >= 0.6 is 0 Å². The average molecular weight is 553 g/mol. The summed E-state index contributed by atoms with van der Waals surface area (Å²) < 4.78 is 42.1. The summed E-state index contributed by atoms with van der Waals surface area (Å²) in [6, 6.07) is 0. The molecule has 226 valence electrons. The van der Waals surface area contributed by atoms with Gasteiger partial charge in [0.2, 0.25) is 0 Å². The highest BCUT2D eigenvalue weighted by Crippen LogP contribution is 2.13. The van der Waals surface area contributed by atoms with Gasteiger partial charge in [0.1, 0.15) is 0 Å². The summed E-state index contributed by atoms with van der Waals surface area (Å²) >= 11 is 0. The van der Waals surface area contributed by atoms with Gasteiger partial charge in [0.15, 0.2) is 0 Å². The number of halogens is 1. The minimum atomic E-state index is -3.34. The van der Waals surface area contributed by atoms with Gasteiger partial charge in [-0.2, -0.15) is 8.42 Å². The van der Waals surface area contributed by atoms with E-state index in [1.54, 1.807) is 0 Å². The molecule has 0 aromatic carbocycles. The smallest absolute Gasteiger partial charge is 0.267 e. The molecule has 0 atom stereocenters. The highest BCUT2D eigenvalue weighted by Gasteiger charge is 2.16. The van der Waals surface area contributed by atoms with Crippen LogP contribution in [0.15, 0.2) is 0 Å². The third-order valence-electron chi connectivity index (χ3n) is 7.97. The largest absolute Gasteiger partial charge is 0.325 e.